The Morgan fingerprint density at radius 1 is 1.20 bits per heavy atom. The number of nitrogens with zero attached hydrogens (tertiary/aromatic N) is 4. The van der Waals surface area contributed by atoms with Crippen molar-refractivity contribution < 1.29 is 14.0 Å². The molecule has 130 valence electrons. The van der Waals surface area contributed by atoms with Crippen LogP contribution in [-0.4, -0.2) is 63.8 Å². The fourth-order valence-corrected chi connectivity index (χ4v) is 3.46. The molecule has 3 amide bonds. The first-order chi connectivity index (χ1) is 12.2. The Morgan fingerprint density at radius 3 is 2.76 bits per heavy atom. The lowest BCUT2D eigenvalue weighted by Crippen LogP contribution is -2.52. The molecule has 1 aromatic heterocycles. The number of carbonyl (C=O) groups excluding carboxylic acids is 2. The first kappa shape index (κ1) is 15.8. The molecule has 2 aliphatic rings. The number of hydrogen-bond acceptors (Lipinski definition) is 5. The van der Waals surface area contributed by atoms with Gasteiger partial charge in [0.1, 0.15) is 11.8 Å². The highest BCUT2D eigenvalue weighted by Crippen LogP contribution is 2.24. The summed E-state index contributed by atoms with van der Waals surface area (Å²) < 4.78 is 5.85. The van der Waals surface area contributed by atoms with Crippen molar-refractivity contribution in [1.82, 2.24) is 19.7 Å². The van der Waals surface area contributed by atoms with Crippen molar-refractivity contribution in [3.05, 3.63) is 42.3 Å². The third kappa shape index (κ3) is 2.80. The second kappa shape index (κ2) is 6.33. The molecular weight excluding hydrogens is 320 g/mol. The van der Waals surface area contributed by atoms with Crippen LogP contribution in [0.5, 0.6) is 0 Å². The van der Waals surface area contributed by atoms with Gasteiger partial charge in [0.05, 0.1) is 12.7 Å². The number of aromatic nitrogens is 1. The van der Waals surface area contributed by atoms with E-state index in [0.29, 0.717) is 38.6 Å². The van der Waals surface area contributed by atoms with Crippen LogP contribution in [0, 0.1) is 0 Å². The molecule has 0 aliphatic carbocycles. The van der Waals surface area contributed by atoms with Crippen LogP contribution in [0.15, 0.2) is 40.9 Å². The number of urea groups is 1. The number of hydrogen-bond donors (Lipinski definition) is 0. The summed E-state index contributed by atoms with van der Waals surface area (Å²) in [6, 6.07) is 9.21. The maximum Gasteiger partial charge on any atom is 0.327 e. The lowest BCUT2D eigenvalue weighted by molar-refractivity contribution is -0.129. The van der Waals surface area contributed by atoms with Gasteiger partial charge in [0.2, 0.25) is 5.89 Å². The van der Waals surface area contributed by atoms with E-state index in [1.54, 1.807) is 11.1 Å². The topological polar surface area (TPSA) is 69.9 Å². The Morgan fingerprint density at radius 2 is 2.00 bits per heavy atom. The van der Waals surface area contributed by atoms with E-state index in [9.17, 15) is 9.59 Å². The van der Waals surface area contributed by atoms with E-state index in [2.05, 4.69) is 9.88 Å². The number of oxazole rings is 1. The Kier molecular flexibility index (Phi) is 4.01. The molecule has 0 bridgehead atoms. The van der Waals surface area contributed by atoms with Gasteiger partial charge in [-0.05, 0) is 19.1 Å². The zero-order chi connectivity index (χ0) is 17.4. The van der Waals surface area contributed by atoms with Crippen molar-refractivity contribution in [1.29, 1.82) is 0 Å². The standard InChI is InChI=1S/C18H20N4O3/c1-2-21-17(23)15-12-20(8-9-22(15)18(21)24)11-14-10-19-16(25-14)13-6-4-3-5-7-13/h3-7,10,15H,2,8-9,11-12H2,1H3. The molecule has 3 heterocycles. The first-order valence-corrected chi connectivity index (χ1v) is 8.52. The second-order valence-electron chi connectivity index (χ2n) is 6.31. The number of imide groups is 1. The van der Waals surface area contributed by atoms with Gasteiger partial charge < -0.3 is 9.32 Å². The molecule has 7 nitrogen and oxygen atoms in total. The third-order valence-corrected chi connectivity index (χ3v) is 4.76. The summed E-state index contributed by atoms with van der Waals surface area (Å²) in [5, 5.41) is 0. The van der Waals surface area contributed by atoms with Crippen LogP contribution in [0.3, 0.4) is 0 Å². The zero-order valence-corrected chi connectivity index (χ0v) is 14.1. The lowest BCUT2D eigenvalue weighted by Gasteiger charge is -2.34. The maximum atomic E-state index is 12.4. The van der Waals surface area contributed by atoms with Crippen LogP contribution in [0.4, 0.5) is 4.79 Å². The quantitative estimate of drug-likeness (QED) is 0.794. The number of amides is 3. The molecule has 0 N–H and O–H groups in total. The molecule has 25 heavy (non-hydrogen) atoms. The van der Waals surface area contributed by atoms with Crippen LogP contribution >= 0.6 is 0 Å². The van der Waals surface area contributed by atoms with Crippen molar-refractivity contribution in [3.8, 4) is 11.5 Å². The minimum Gasteiger partial charge on any atom is -0.440 e. The summed E-state index contributed by atoms with van der Waals surface area (Å²) in [6.07, 6.45) is 1.73. The molecule has 2 aliphatic heterocycles. The van der Waals surface area contributed by atoms with Crippen LogP contribution in [-0.2, 0) is 11.3 Å². The normalized spacial score (nSPS) is 21.1. The summed E-state index contributed by atoms with van der Waals surface area (Å²) >= 11 is 0. The smallest absolute Gasteiger partial charge is 0.327 e. The van der Waals surface area contributed by atoms with Gasteiger partial charge in [0.25, 0.3) is 5.91 Å². The Hall–Kier alpha value is -2.67. The van der Waals surface area contributed by atoms with Crippen LogP contribution < -0.4 is 0 Å². The minimum absolute atomic E-state index is 0.0975. The average Bonchev–Trinajstić information content (AvgIpc) is 3.19. The van der Waals surface area contributed by atoms with Gasteiger partial charge in [0, 0.05) is 31.7 Å². The molecule has 1 unspecified atom stereocenters. The van der Waals surface area contributed by atoms with E-state index in [1.165, 1.54) is 4.90 Å². The van der Waals surface area contributed by atoms with Crippen molar-refractivity contribution in [2.45, 2.75) is 19.5 Å². The summed E-state index contributed by atoms with van der Waals surface area (Å²) in [4.78, 5) is 34.0. The van der Waals surface area contributed by atoms with Crippen LogP contribution in [0.2, 0.25) is 0 Å². The zero-order valence-electron chi connectivity index (χ0n) is 14.1. The second-order valence-corrected chi connectivity index (χ2v) is 6.31. The van der Waals surface area contributed by atoms with E-state index < -0.39 is 0 Å². The number of fused-ring (bicyclic) bond motifs is 1. The molecule has 0 radical (unpaired) electrons. The molecule has 0 saturated carbocycles. The van der Waals surface area contributed by atoms with E-state index in [4.69, 9.17) is 4.42 Å². The lowest BCUT2D eigenvalue weighted by atomic mass is 10.2. The minimum atomic E-state index is -0.377. The highest BCUT2D eigenvalue weighted by atomic mass is 16.4. The van der Waals surface area contributed by atoms with E-state index in [0.717, 1.165) is 11.3 Å². The first-order valence-electron chi connectivity index (χ1n) is 8.52. The van der Waals surface area contributed by atoms with E-state index >= 15 is 0 Å². The van der Waals surface area contributed by atoms with Crippen molar-refractivity contribution in [2.24, 2.45) is 0 Å². The molecule has 2 saturated heterocycles. The summed E-state index contributed by atoms with van der Waals surface area (Å²) in [6.45, 7) is 4.64. The molecule has 7 heteroatoms. The van der Waals surface area contributed by atoms with Gasteiger partial charge in [-0.25, -0.2) is 9.78 Å². The molecule has 2 fully saturated rings. The van der Waals surface area contributed by atoms with Gasteiger partial charge >= 0.3 is 6.03 Å². The average molecular weight is 340 g/mol. The third-order valence-electron chi connectivity index (χ3n) is 4.76. The number of likely N-dealkylation sites (N-methyl/N-ethyl adjacent to an activating group) is 1. The fraction of sp³-hybridized carbons (Fsp3) is 0.389. The Bertz CT molecular complexity index is 789. The Labute approximate surface area is 145 Å². The van der Waals surface area contributed by atoms with Gasteiger partial charge in [0.15, 0.2) is 0 Å². The van der Waals surface area contributed by atoms with Crippen molar-refractivity contribution in [2.75, 3.05) is 26.2 Å². The highest BCUT2D eigenvalue weighted by Gasteiger charge is 2.46. The Balaban J connectivity index is 1.44. The largest absolute Gasteiger partial charge is 0.440 e. The summed E-state index contributed by atoms with van der Waals surface area (Å²) in [7, 11) is 0. The SMILES string of the molecule is CCN1C(=O)C2CN(Cc3cnc(-c4ccccc4)o3)CCN2C1=O. The monoisotopic (exact) mass is 340 g/mol. The van der Waals surface area contributed by atoms with E-state index in [-0.39, 0.29) is 18.0 Å². The van der Waals surface area contributed by atoms with E-state index in [1.807, 2.05) is 37.3 Å². The molecule has 0 spiro atoms. The summed E-state index contributed by atoms with van der Waals surface area (Å²) in [5.41, 5.74) is 0.939. The van der Waals surface area contributed by atoms with Crippen molar-refractivity contribution in [3.63, 3.8) is 0 Å². The van der Waals surface area contributed by atoms with Gasteiger partial charge in [-0.1, -0.05) is 18.2 Å². The number of piperazine rings is 1. The van der Waals surface area contributed by atoms with Crippen molar-refractivity contribution >= 4 is 11.9 Å². The maximum absolute atomic E-state index is 12.4. The highest BCUT2D eigenvalue weighted by molar-refractivity contribution is 6.04. The van der Waals surface area contributed by atoms with Crippen LogP contribution in [0.1, 0.15) is 12.7 Å². The molecule has 4 rings (SSSR count). The van der Waals surface area contributed by atoms with Gasteiger partial charge in [-0.3, -0.25) is 14.6 Å². The fourth-order valence-electron chi connectivity index (χ4n) is 3.46. The number of carbonyl (C=O) groups is 2. The number of rotatable bonds is 4. The van der Waals surface area contributed by atoms with Gasteiger partial charge in [-0.15, -0.1) is 0 Å². The van der Waals surface area contributed by atoms with Gasteiger partial charge in [-0.2, -0.15) is 0 Å². The predicted octanol–water partition coefficient (Wildman–Crippen LogP) is 1.81. The molecule has 2 aromatic rings. The number of benzene rings is 1. The molecular formula is C18H20N4O3. The van der Waals surface area contributed by atoms with Crippen LogP contribution in [0.25, 0.3) is 11.5 Å². The summed E-state index contributed by atoms with van der Waals surface area (Å²) in [5.74, 6) is 1.26. The molecule has 1 atom stereocenters. The molecule has 1 aromatic carbocycles. The predicted molar refractivity (Wildman–Crippen MR) is 90.5 cm³/mol.